The number of benzene rings is 2. The molecule has 0 aliphatic carbocycles. The Morgan fingerprint density at radius 1 is 0.862 bits per heavy atom. The Morgan fingerprint density at radius 2 is 1.45 bits per heavy atom. The van der Waals surface area contributed by atoms with E-state index in [-0.39, 0.29) is 43.6 Å². The quantitative estimate of drug-likeness (QED) is 0.532. The van der Waals surface area contributed by atoms with E-state index in [0.717, 1.165) is 17.7 Å². The molecule has 0 radical (unpaired) electrons. The number of hydrogen-bond acceptors (Lipinski definition) is 5. The zero-order valence-corrected chi connectivity index (χ0v) is 16.6. The summed E-state index contributed by atoms with van der Waals surface area (Å²) in [5.74, 6) is -0.953. The topological polar surface area (TPSA) is 84.0 Å². The highest BCUT2D eigenvalue weighted by atomic mass is 32.2. The van der Waals surface area contributed by atoms with Crippen molar-refractivity contribution in [2.24, 2.45) is 0 Å². The highest BCUT2D eigenvalue weighted by Crippen LogP contribution is 2.17. The standard InChI is InChI=1S/C21H22N2O5S/c24-20(11-12-21(25)28-17-18-7-3-1-4-8-18)22-13-15-23(16-14-22)29(26,27)19-9-5-2-6-10-19/h1-12H,13-17H2/b12-11+. The predicted molar refractivity (Wildman–Crippen MR) is 107 cm³/mol. The normalized spacial score (nSPS) is 15.4. The molecule has 0 spiro atoms. The number of carbonyl (C=O) groups is 2. The van der Waals surface area contributed by atoms with E-state index in [1.165, 1.54) is 9.21 Å². The Balaban J connectivity index is 1.48. The maximum absolute atomic E-state index is 12.6. The van der Waals surface area contributed by atoms with Gasteiger partial charge in [-0.3, -0.25) is 4.79 Å². The van der Waals surface area contributed by atoms with Gasteiger partial charge in [-0.15, -0.1) is 0 Å². The van der Waals surface area contributed by atoms with Gasteiger partial charge in [0.25, 0.3) is 0 Å². The third-order valence-electron chi connectivity index (χ3n) is 4.52. The summed E-state index contributed by atoms with van der Waals surface area (Å²) in [6.45, 7) is 1.06. The van der Waals surface area contributed by atoms with Crippen LogP contribution < -0.4 is 0 Å². The van der Waals surface area contributed by atoms with Crippen LogP contribution in [-0.2, 0) is 31.0 Å². The maximum Gasteiger partial charge on any atom is 0.331 e. The molecule has 1 saturated heterocycles. The largest absolute Gasteiger partial charge is 0.458 e. The molecule has 1 aliphatic rings. The molecular weight excluding hydrogens is 392 g/mol. The van der Waals surface area contributed by atoms with Crippen LogP contribution in [0.1, 0.15) is 5.56 Å². The van der Waals surface area contributed by atoms with E-state index in [9.17, 15) is 18.0 Å². The van der Waals surface area contributed by atoms with Crippen molar-refractivity contribution in [3.8, 4) is 0 Å². The monoisotopic (exact) mass is 414 g/mol. The number of sulfonamides is 1. The zero-order valence-electron chi connectivity index (χ0n) is 15.8. The summed E-state index contributed by atoms with van der Waals surface area (Å²) in [4.78, 5) is 25.8. The van der Waals surface area contributed by atoms with Gasteiger partial charge in [-0.25, -0.2) is 13.2 Å². The van der Waals surface area contributed by atoms with E-state index >= 15 is 0 Å². The Bertz CT molecular complexity index is 967. The van der Waals surface area contributed by atoms with E-state index in [1.807, 2.05) is 30.3 Å². The smallest absolute Gasteiger partial charge is 0.331 e. The van der Waals surface area contributed by atoms with E-state index in [2.05, 4.69) is 0 Å². The van der Waals surface area contributed by atoms with Crippen LogP contribution in [0.25, 0.3) is 0 Å². The SMILES string of the molecule is O=C(/C=C/C(=O)N1CCN(S(=O)(=O)c2ccccc2)CC1)OCc1ccccc1. The van der Waals surface area contributed by atoms with Crippen molar-refractivity contribution in [2.45, 2.75) is 11.5 Å². The molecule has 152 valence electrons. The molecule has 8 heteroatoms. The van der Waals surface area contributed by atoms with Crippen LogP contribution in [0.2, 0.25) is 0 Å². The van der Waals surface area contributed by atoms with Crippen LogP contribution in [0, 0.1) is 0 Å². The van der Waals surface area contributed by atoms with Gasteiger partial charge in [0.1, 0.15) is 6.61 Å². The summed E-state index contributed by atoms with van der Waals surface area (Å²) >= 11 is 0. The van der Waals surface area contributed by atoms with E-state index in [1.54, 1.807) is 30.3 Å². The molecule has 7 nitrogen and oxygen atoms in total. The van der Waals surface area contributed by atoms with Crippen LogP contribution in [0.5, 0.6) is 0 Å². The second-order valence-electron chi connectivity index (χ2n) is 6.47. The average Bonchev–Trinajstić information content (AvgIpc) is 2.77. The molecule has 3 rings (SSSR count). The summed E-state index contributed by atoms with van der Waals surface area (Å²) in [6, 6.07) is 17.5. The first kappa shape index (κ1) is 20.8. The lowest BCUT2D eigenvalue weighted by atomic mass is 10.2. The number of nitrogens with zero attached hydrogens (tertiary/aromatic N) is 2. The Morgan fingerprint density at radius 3 is 2.07 bits per heavy atom. The van der Waals surface area contributed by atoms with Crippen molar-refractivity contribution in [2.75, 3.05) is 26.2 Å². The molecule has 1 amide bonds. The summed E-state index contributed by atoms with van der Waals surface area (Å²) in [5, 5.41) is 0. The average molecular weight is 414 g/mol. The number of amides is 1. The molecule has 1 aliphatic heterocycles. The van der Waals surface area contributed by atoms with Crippen molar-refractivity contribution in [3.63, 3.8) is 0 Å². The number of piperazine rings is 1. The second kappa shape index (κ2) is 9.49. The van der Waals surface area contributed by atoms with Crippen molar-refractivity contribution < 1.29 is 22.7 Å². The van der Waals surface area contributed by atoms with E-state index in [0.29, 0.717) is 0 Å². The molecular formula is C21H22N2O5S. The van der Waals surface area contributed by atoms with Crippen LogP contribution in [-0.4, -0.2) is 55.7 Å². The molecule has 2 aromatic rings. The van der Waals surface area contributed by atoms with E-state index < -0.39 is 16.0 Å². The van der Waals surface area contributed by atoms with Gasteiger partial charge in [-0.05, 0) is 17.7 Å². The fourth-order valence-electron chi connectivity index (χ4n) is 2.91. The summed E-state index contributed by atoms with van der Waals surface area (Å²) in [7, 11) is -3.57. The van der Waals surface area contributed by atoms with Crippen LogP contribution in [0.15, 0.2) is 77.7 Å². The van der Waals surface area contributed by atoms with Crippen LogP contribution in [0.4, 0.5) is 0 Å². The first-order valence-corrected chi connectivity index (χ1v) is 10.6. The second-order valence-corrected chi connectivity index (χ2v) is 8.41. The first-order valence-electron chi connectivity index (χ1n) is 9.20. The molecule has 0 atom stereocenters. The molecule has 1 heterocycles. The van der Waals surface area contributed by atoms with Crippen molar-refractivity contribution >= 4 is 21.9 Å². The highest BCUT2D eigenvalue weighted by molar-refractivity contribution is 7.89. The fraction of sp³-hybridized carbons (Fsp3) is 0.238. The minimum absolute atomic E-state index is 0.133. The van der Waals surface area contributed by atoms with Crippen LogP contribution >= 0.6 is 0 Å². The first-order chi connectivity index (χ1) is 14.0. The van der Waals surface area contributed by atoms with Crippen molar-refractivity contribution in [3.05, 3.63) is 78.4 Å². The zero-order chi connectivity index (χ0) is 20.7. The number of esters is 1. The Hall–Kier alpha value is -2.97. The highest BCUT2D eigenvalue weighted by Gasteiger charge is 2.29. The van der Waals surface area contributed by atoms with Crippen molar-refractivity contribution in [1.29, 1.82) is 0 Å². The van der Waals surface area contributed by atoms with Gasteiger partial charge < -0.3 is 9.64 Å². The van der Waals surface area contributed by atoms with E-state index in [4.69, 9.17) is 4.74 Å². The van der Waals surface area contributed by atoms with Gasteiger partial charge in [0.05, 0.1) is 4.90 Å². The van der Waals surface area contributed by atoms with Gasteiger partial charge >= 0.3 is 5.97 Å². The molecule has 0 bridgehead atoms. The minimum atomic E-state index is -3.57. The predicted octanol–water partition coefficient (Wildman–Crippen LogP) is 1.82. The Kier molecular flexibility index (Phi) is 6.79. The maximum atomic E-state index is 12.6. The number of ether oxygens (including phenoxy) is 1. The molecule has 0 unspecified atom stereocenters. The lowest BCUT2D eigenvalue weighted by molar-refractivity contribution is -0.139. The van der Waals surface area contributed by atoms with Gasteiger partial charge in [0.15, 0.2) is 0 Å². The third kappa shape index (κ3) is 5.52. The molecule has 2 aromatic carbocycles. The summed E-state index contributed by atoms with van der Waals surface area (Å²) < 4.78 is 31.7. The lowest BCUT2D eigenvalue weighted by Gasteiger charge is -2.33. The Labute approximate surface area is 170 Å². The van der Waals surface area contributed by atoms with Gasteiger partial charge in [-0.1, -0.05) is 48.5 Å². The summed E-state index contributed by atoms with van der Waals surface area (Å²) in [5.41, 5.74) is 0.858. The molecule has 1 fully saturated rings. The lowest BCUT2D eigenvalue weighted by Crippen LogP contribution is -2.50. The van der Waals surface area contributed by atoms with Gasteiger partial charge in [-0.2, -0.15) is 4.31 Å². The molecule has 29 heavy (non-hydrogen) atoms. The fourth-order valence-corrected chi connectivity index (χ4v) is 4.36. The van der Waals surface area contributed by atoms with Crippen molar-refractivity contribution in [1.82, 2.24) is 9.21 Å². The number of rotatable bonds is 6. The third-order valence-corrected chi connectivity index (χ3v) is 6.43. The van der Waals surface area contributed by atoms with Gasteiger partial charge in [0.2, 0.25) is 15.9 Å². The molecule has 0 aromatic heterocycles. The van der Waals surface area contributed by atoms with Gasteiger partial charge in [0, 0.05) is 38.3 Å². The summed E-state index contributed by atoms with van der Waals surface area (Å²) in [6.07, 6.45) is 2.26. The molecule has 0 saturated carbocycles. The number of hydrogen-bond donors (Lipinski definition) is 0. The van der Waals surface area contributed by atoms with Crippen LogP contribution in [0.3, 0.4) is 0 Å². The number of carbonyl (C=O) groups excluding carboxylic acids is 2. The minimum Gasteiger partial charge on any atom is -0.458 e. The molecule has 0 N–H and O–H groups in total.